The fourth-order valence-corrected chi connectivity index (χ4v) is 2.48. The maximum Gasteiger partial charge on any atom is 0.258 e. The Kier molecular flexibility index (Phi) is 5.32. The molecule has 0 aliphatic rings. The maximum atomic E-state index is 13.7. The third-order valence-corrected chi connectivity index (χ3v) is 4.00. The molecule has 3 aromatic rings. The highest BCUT2D eigenvalue weighted by Crippen LogP contribution is 2.24. The van der Waals surface area contributed by atoms with Crippen LogP contribution in [0.3, 0.4) is 0 Å². The molecule has 138 valence electrons. The molecule has 0 saturated carbocycles. The van der Waals surface area contributed by atoms with Crippen LogP contribution in [0.15, 0.2) is 48.7 Å². The number of nitrogens with one attached hydrogen (secondary N) is 2. The summed E-state index contributed by atoms with van der Waals surface area (Å²) in [6.45, 7) is 1.91. The number of pyridine rings is 1. The Morgan fingerprint density at radius 3 is 2.52 bits per heavy atom. The van der Waals surface area contributed by atoms with Gasteiger partial charge in [0.05, 0.1) is 17.4 Å². The highest BCUT2D eigenvalue weighted by atomic mass is 35.5. The molecule has 2 N–H and O–H groups in total. The average Bonchev–Trinajstić information content (AvgIpc) is 2.64. The topological polar surface area (TPSA) is 54.0 Å². The smallest absolute Gasteiger partial charge is 0.258 e. The normalized spacial score (nSPS) is 10.6. The molecule has 2 aromatic carbocycles. The van der Waals surface area contributed by atoms with Crippen LogP contribution < -0.4 is 10.6 Å². The van der Waals surface area contributed by atoms with E-state index in [1.807, 2.05) is 13.0 Å². The summed E-state index contributed by atoms with van der Waals surface area (Å²) in [6, 6.07) is 10.1. The summed E-state index contributed by atoms with van der Waals surface area (Å²) >= 11 is 5.97. The predicted molar refractivity (Wildman–Crippen MR) is 98.0 cm³/mol. The van der Waals surface area contributed by atoms with E-state index in [1.54, 1.807) is 18.2 Å². The molecular weight excluding hydrogens is 379 g/mol. The quantitative estimate of drug-likeness (QED) is 0.581. The number of aromatic nitrogens is 1. The van der Waals surface area contributed by atoms with Crippen LogP contribution in [-0.2, 0) is 0 Å². The van der Waals surface area contributed by atoms with Crippen molar-refractivity contribution in [2.75, 3.05) is 10.6 Å². The van der Waals surface area contributed by atoms with E-state index >= 15 is 0 Å². The number of hydrogen-bond donors (Lipinski definition) is 2. The van der Waals surface area contributed by atoms with Crippen molar-refractivity contribution in [1.82, 2.24) is 4.98 Å². The van der Waals surface area contributed by atoms with Gasteiger partial charge in [-0.3, -0.25) is 4.79 Å². The van der Waals surface area contributed by atoms with Crippen LogP contribution in [0.1, 0.15) is 15.9 Å². The lowest BCUT2D eigenvalue weighted by atomic mass is 10.2. The molecule has 27 heavy (non-hydrogen) atoms. The second kappa shape index (κ2) is 7.67. The van der Waals surface area contributed by atoms with Gasteiger partial charge < -0.3 is 10.6 Å². The third kappa shape index (κ3) is 4.20. The lowest BCUT2D eigenvalue weighted by molar-refractivity contribution is 0.102. The van der Waals surface area contributed by atoms with E-state index in [0.29, 0.717) is 16.9 Å². The second-order valence-electron chi connectivity index (χ2n) is 5.69. The van der Waals surface area contributed by atoms with E-state index in [0.717, 1.165) is 17.3 Å². The van der Waals surface area contributed by atoms with Gasteiger partial charge in [-0.2, -0.15) is 0 Å². The van der Waals surface area contributed by atoms with Gasteiger partial charge >= 0.3 is 0 Å². The molecule has 0 spiro atoms. The zero-order chi connectivity index (χ0) is 19.6. The Bertz CT molecular complexity index is 1010. The number of carbonyl (C=O) groups is 1. The summed E-state index contributed by atoms with van der Waals surface area (Å²) < 4.78 is 39.9. The van der Waals surface area contributed by atoms with Crippen LogP contribution in [0, 0.1) is 24.4 Å². The number of carbonyl (C=O) groups excluding carboxylic acids is 1. The van der Waals surface area contributed by atoms with Crippen molar-refractivity contribution in [3.8, 4) is 0 Å². The minimum absolute atomic E-state index is 0.262. The number of rotatable bonds is 4. The minimum Gasteiger partial charge on any atom is -0.340 e. The Balaban J connectivity index is 1.73. The zero-order valence-corrected chi connectivity index (χ0v) is 14.7. The van der Waals surface area contributed by atoms with Crippen molar-refractivity contribution in [1.29, 1.82) is 0 Å². The van der Waals surface area contributed by atoms with Crippen molar-refractivity contribution in [2.45, 2.75) is 6.92 Å². The van der Waals surface area contributed by atoms with Gasteiger partial charge in [-0.25, -0.2) is 18.2 Å². The molecule has 1 amide bonds. The van der Waals surface area contributed by atoms with Crippen molar-refractivity contribution in [2.24, 2.45) is 0 Å². The standard InChI is InChI=1S/C19H13ClF3N3O/c1-10-2-3-11(20)8-15(10)26-16-7-4-12(9-24-16)25-19(27)13-5-6-14(21)18(23)17(13)22/h2-9H,1H3,(H,24,26)(H,25,27). The van der Waals surface area contributed by atoms with Gasteiger partial charge in [0, 0.05) is 10.7 Å². The third-order valence-electron chi connectivity index (χ3n) is 3.76. The molecule has 0 radical (unpaired) electrons. The maximum absolute atomic E-state index is 13.7. The lowest BCUT2D eigenvalue weighted by Gasteiger charge is -2.10. The summed E-state index contributed by atoms with van der Waals surface area (Å²) in [5, 5.41) is 6.04. The molecule has 0 atom stereocenters. The SMILES string of the molecule is Cc1ccc(Cl)cc1Nc1ccc(NC(=O)c2ccc(F)c(F)c2F)cn1. The average molecular weight is 392 g/mol. The fraction of sp³-hybridized carbons (Fsp3) is 0.0526. The van der Waals surface area contributed by atoms with Crippen LogP contribution >= 0.6 is 11.6 Å². The molecule has 0 fully saturated rings. The minimum atomic E-state index is -1.70. The first kappa shape index (κ1) is 18.7. The molecule has 0 unspecified atom stereocenters. The van der Waals surface area contributed by atoms with Crippen molar-refractivity contribution in [3.05, 3.63) is 82.3 Å². The number of amides is 1. The zero-order valence-electron chi connectivity index (χ0n) is 14.0. The van der Waals surface area contributed by atoms with Crippen molar-refractivity contribution < 1.29 is 18.0 Å². The van der Waals surface area contributed by atoms with Crippen LogP contribution in [0.5, 0.6) is 0 Å². The van der Waals surface area contributed by atoms with E-state index in [1.165, 1.54) is 12.3 Å². The summed E-state index contributed by atoms with van der Waals surface area (Å²) in [7, 11) is 0. The number of halogens is 4. The van der Waals surface area contributed by atoms with Gasteiger partial charge in [-0.15, -0.1) is 0 Å². The van der Waals surface area contributed by atoms with Gasteiger partial charge in [0.1, 0.15) is 5.82 Å². The highest BCUT2D eigenvalue weighted by molar-refractivity contribution is 6.30. The molecule has 1 heterocycles. The number of hydrogen-bond acceptors (Lipinski definition) is 3. The molecule has 0 aliphatic carbocycles. The van der Waals surface area contributed by atoms with E-state index in [9.17, 15) is 18.0 Å². The molecule has 0 bridgehead atoms. The highest BCUT2D eigenvalue weighted by Gasteiger charge is 2.19. The first-order chi connectivity index (χ1) is 12.8. The summed E-state index contributed by atoms with van der Waals surface area (Å²) in [5.41, 5.74) is 1.39. The predicted octanol–water partition coefficient (Wildman–Crippen LogP) is 5.46. The number of nitrogens with zero attached hydrogens (tertiary/aromatic N) is 1. The van der Waals surface area contributed by atoms with E-state index in [4.69, 9.17) is 11.6 Å². The first-order valence-corrected chi connectivity index (χ1v) is 8.17. The molecule has 0 aliphatic heterocycles. The summed E-state index contributed by atoms with van der Waals surface area (Å²) in [5.74, 6) is -5.03. The molecule has 4 nitrogen and oxygen atoms in total. The number of aryl methyl sites for hydroxylation is 1. The Morgan fingerprint density at radius 2 is 1.81 bits per heavy atom. The molecule has 8 heteroatoms. The lowest BCUT2D eigenvalue weighted by Crippen LogP contribution is -2.15. The molecule has 1 aromatic heterocycles. The second-order valence-corrected chi connectivity index (χ2v) is 6.13. The van der Waals surface area contributed by atoms with Gasteiger partial charge in [-0.1, -0.05) is 17.7 Å². The van der Waals surface area contributed by atoms with E-state index < -0.39 is 28.9 Å². The number of benzene rings is 2. The Morgan fingerprint density at radius 1 is 1.04 bits per heavy atom. The van der Waals surface area contributed by atoms with Crippen molar-refractivity contribution in [3.63, 3.8) is 0 Å². The van der Waals surface area contributed by atoms with E-state index in [-0.39, 0.29) is 5.69 Å². The van der Waals surface area contributed by atoms with Gasteiger partial charge in [0.25, 0.3) is 5.91 Å². The van der Waals surface area contributed by atoms with Crippen LogP contribution in [0.2, 0.25) is 5.02 Å². The van der Waals surface area contributed by atoms with Gasteiger partial charge in [0.2, 0.25) is 0 Å². The fourth-order valence-electron chi connectivity index (χ4n) is 2.31. The van der Waals surface area contributed by atoms with Crippen LogP contribution in [0.4, 0.5) is 30.4 Å². The first-order valence-electron chi connectivity index (χ1n) is 7.79. The van der Waals surface area contributed by atoms with Crippen LogP contribution in [0.25, 0.3) is 0 Å². The summed E-state index contributed by atoms with van der Waals surface area (Å²) in [4.78, 5) is 16.2. The monoisotopic (exact) mass is 391 g/mol. The van der Waals surface area contributed by atoms with Crippen molar-refractivity contribution >= 4 is 34.7 Å². The number of anilines is 3. The Hall–Kier alpha value is -3.06. The summed E-state index contributed by atoms with van der Waals surface area (Å²) in [6.07, 6.45) is 1.35. The molecule has 0 saturated heterocycles. The van der Waals surface area contributed by atoms with Gasteiger partial charge in [-0.05, 0) is 48.9 Å². The Labute approximate surface area is 158 Å². The van der Waals surface area contributed by atoms with Gasteiger partial charge in [0.15, 0.2) is 17.5 Å². The molecule has 3 rings (SSSR count). The van der Waals surface area contributed by atoms with E-state index in [2.05, 4.69) is 15.6 Å². The van der Waals surface area contributed by atoms with Crippen LogP contribution in [-0.4, -0.2) is 10.9 Å². The molecular formula is C19H13ClF3N3O. The largest absolute Gasteiger partial charge is 0.340 e.